The molecule has 1 N–H and O–H groups in total. The number of urea groups is 1. The van der Waals surface area contributed by atoms with Crippen molar-refractivity contribution < 1.29 is 28.6 Å². The number of ether oxygens (including phenoxy) is 3. The molecule has 0 spiro atoms. The Morgan fingerprint density at radius 1 is 0.872 bits per heavy atom. The van der Waals surface area contributed by atoms with Crippen molar-refractivity contribution in [3.8, 4) is 17.2 Å². The first-order valence-electron chi connectivity index (χ1n) is 14.6. The van der Waals surface area contributed by atoms with Gasteiger partial charge in [-0.05, 0) is 89.0 Å². The molecule has 4 amide bonds. The van der Waals surface area contributed by atoms with Crippen molar-refractivity contribution in [2.75, 3.05) is 12.0 Å². The Morgan fingerprint density at radius 2 is 1.62 bits per heavy atom. The normalized spacial score (nSPS) is 14.0. The smallest absolute Gasteiger partial charge is 0.335 e. The summed E-state index contributed by atoms with van der Waals surface area (Å²) in [5.74, 6) is -0.426. The molecule has 0 unspecified atom stereocenters. The third-order valence-corrected chi connectivity index (χ3v) is 8.52. The number of hydrogen-bond acceptors (Lipinski definition) is 6. The molecule has 0 bridgehead atoms. The molecule has 8 nitrogen and oxygen atoms in total. The number of methoxy groups -OCH3 is 1. The van der Waals surface area contributed by atoms with E-state index in [1.165, 1.54) is 13.2 Å². The average Bonchev–Trinajstić information content (AvgIpc) is 3.07. The molecule has 47 heavy (non-hydrogen) atoms. The number of nitrogens with zero attached hydrogens (tertiary/aromatic N) is 1. The molecule has 236 valence electrons. The topological polar surface area (TPSA) is 94.2 Å². The molecule has 1 aliphatic rings. The maximum absolute atomic E-state index is 13.5. The first-order chi connectivity index (χ1) is 22.7. The van der Waals surface area contributed by atoms with Gasteiger partial charge in [0.05, 0.1) is 17.8 Å². The summed E-state index contributed by atoms with van der Waals surface area (Å²) in [6.07, 6.45) is 1.36. The van der Waals surface area contributed by atoms with Crippen LogP contribution in [0.25, 0.3) is 16.8 Å². The molecule has 1 aliphatic heterocycles. The number of hydrogen-bond donors (Lipinski definition) is 1. The van der Waals surface area contributed by atoms with E-state index >= 15 is 0 Å². The van der Waals surface area contributed by atoms with Crippen molar-refractivity contribution in [1.29, 1.82) is 0 Å². The Labute approximate surface area is 284 Å². The van der Waals surface area contributed by atoms with Gasteiger partial charge in [-0.3, -0.25) is 14.9 Å². The van der Waals surface area contributed by atoms with Gasteiger partial charge >= 0.3 is 6.03 Å². The van der Waals surface area contributed by atoms with Gasteiger partial charge in [0.15, 0.2) is 11.5 Å². The van der Waals surface area contributed by atoms with Crippen molar-refractivity contribution in [2.45, 2.75) is 20.1 Å². The molecule has 5 aromatic carbocycles. The number of carbonyl (C=O) groups is 3. The lowest BCUT2D eigenvalue weighted by molar-refractivity contribution is -0.122. The predicted octanol–water partition coefficient (Wildman–Crippen LogP) is 8.40. The number of barbiturate groups is 1. The lowest BCUT2D eigenvalue weighted by Crippen LogP contribution is -2.54. The van der Waals surface area contributed by atoms with E-state index in [1.54, 1.807) is 36.4 Å². The highest BCUT2D eigenvalue weighted by atomic mass is 79.9. The number of imide groups is 2. The number of anilines is 1. The second-order valence-corrected chi connectivity index (χ2v) is 12.1. The molecule has 0 saturated carbocycles. The van der Waals surface area contributed by atoms with Gasteiger partial charge in [-0.2, -0.15) is 0 Å². The van der Waals surface area contributed by atoms with Crippen LogP contribution in [0.3, 0.4) is 0 Å². The summed E-state index contributed by atoms with van der Waals surface area (Å²) in [6, 6.07) is 28.7. The minimum absolute atomic E-state index is 0.226. The van der Waals surface area contributed by atoms with Gasteiger partial charge in [0.2, 0.25) is 0 Å². The van der Waals surface area contributed by atoms with Gasteiger partial charge < -0.3 is 14.2 Å². The lowest BCUT2D eigenvalue weighted by Gasteiger charge is -2.26. The van der Waals surface area contributed by atoms with Crippen LogP contribution in [0.4, 0.5) is 10.5 Å². The molecule has 10 heteroatoms. The minimum atomic E-state index is -0.858. The fourth-order valence-electron chi connectivity index (χ4n) is 5.24. The zero-order valence-corrected chi connectivity index (χ0v) is 27.7. The Kier molecular flexibility index (Phi) is 9.29. The summed E-state index contributed by atoms with van der Waals surface area (Å²) in [6.45, 7) is 2.61. The SMILES string of the molecule is COc1cc(/C=C2\C(=O)NC(=O)N(c3ccc(OCc4ccc(Br)cc4)cc3)C2=O)cc(Cl)c1OCc1c(C)ccc2ccccc12. The number of aryl methyl sites for hydroxylation is 1. The molecule has 1 saturated heterocycles. The third-order valence-electron chi connectivity index (χ3n) is 7.71. The monoisotopic (exact) mass is 710 g/mol. The van der Waals surface area contributed by atoms with Crippen molar-refractivity contribution in [3.63, 3.8) is 0 Å². The minimum Gasteiger partial charge on any atom is -0.493 e. The van der Waals surface area contributed by atoms with E-state index in [2.05, 4.69) is 27.3 Å². The first kappa shape index (κ1) is 31.8. The zero-order chi connectivity index (χ0) is 33.1. The van der Waals surface area contributed by atoms with E-state index in [1.807, 2.05) is 61.5 Å². The van der Waals surface area contributed by atoms with Gasteiger partial charge in [0, 0.05) is 10.0 Å². The van der Waals surface area contributed by atoms with E-state index in [0.717, 1.165) is 36.8 Å². The Bertz CT molecular complexity index is 2040. The third kappa shape index (κ3) is 6.86. The molecule has 1 heterocycles. The predicted molar refractivity (Wildman–Crippen MR) is 185 cm³/mol. The summed E-state index contributed by atoms with van der Waals surface area (Å²) >= 11 is 10.1. The molecule has 0 atom stereocenters. The lowest BCUT2D eigenvalue weighted by atomic mass is 10.0. The fourth-order valence-corrected chi connectivity index (χ4v) is 5.78. The molecule has 5 aromatic rings. The van der Waals surface area contributed by atoms with Gasteiger partial charge in [-0.15, -0.1) is 0 Å². The molecule has 0 aliphatic carbocycles. The van der Waals surface area contributed by atoms with Crippen LogP contribution in [0.5, 0.6) is 17.2 Å². The Balaban J connectivity index is 1.21. The summed E-state index contributed by atoms with van der Waals surface area (Å²) < 4.78 is 18.6. The van der Waals surface area contributed by atoms with Gasteiger partial charge in [0.25, 0.3) is 11.8 Å². The number of carbonyl (C=O) groups excluding carboxylic acids is 3. The second-order valence-electron chi connectivity index (χ2n) is 10.8. The van der Waals surface area contributed by atoms with Crippen molar-refractivity contribution in [3.05, 3.63) is 134 Å². The number of rotatable bonds is 9. The van der Waals surface area contributed by atoms with E-state index in [9.17, 15) is 14.4 Å². The Morgan fingerprint density at radius 3 is 2.36 bits per heavy atom. The summed E-state index contributed by atoms with van der Waals surface area (Å²) in [5.41, 5.74) is 3.50. The molecule has 0 radical (unpaired) electrons. The van der Waals surface area contributed by atoms with E-state index in [-0.39, 0.29) is 22.9 Å². The van der Waals surface area contributed by atoms with Crippen LogP contribution in [-0.2, 0) is 22.8 Å². The van der Waals surface area contributed by atoms with Crippen molar-refractivity contribution in [2.24, 2.45) is 0 Å². The van der Waals surface area contributed by atoms with Crippen LogP contribution in [0.2, 0.25) is 5.02 Å². The van der Waals surface area contributed by atoms with Crippen LogP contribution in [0.1, 0.15) is 22.3 Å². The zero-order valence-electron chi connectivity index (χ0n) is 25.4. The summed E-state index contributed by atoms with van der Waals surface area (Å²) in [4.78, 5) is 40.0. The van der Waals surface area contributed by atoms with Crippen LogP contribution in [0.15, 0.2) is 107 Å². The number of amides is 4. The van der Waals surface area contributed by atoms with E-state index in [4.69, 9.17) is 25.8 Å². The quantitative estimate of drug-likeness (QED) is 0.122. The molecular weight excluding hydrogens is 684 g/mol. The highest BCUT2D eigenvalue weighted by molar-refractivity contribution is 9.10. The number of fused-ring (bicyclic) bond motifs is 1. The average molecular weight is 712 g/mol. The molecular formula is C37H28BrClN2O6. The van der Waals surface area contributed by atoms with Gasteiger partial charge in [-0.1, -0.05) is 76.1 Å². The standard InChI is InChI=1S/C37H28BrClN2O6/c1-22-7-10-25-5-3-4-6-29(25)31(22)21-47-34-32(39)18-24(19-33(34)45-2)17-30-35(42)40-37(44)41(36(30)43)27-13-15-28(16-14-27)46-20-23-8-11-26(38)12-9-23/h3-19H,20-21H2,1-2H3,(H,40,42,44)/b30-17+. The van der Waals surface area contributed by atoms with Gasteiger partial charge in [0.1, 0.15) is 24.5 Å². The highest BCUT2D eigenvalue weighted by Gasteiger charge is 2.37. The number of benzene rings is 5. The summed E-state index contributed by atoms with van der Waals surface area (Å²) in [7, 11) is 1.48. The van der Waals surface area contributed by atoms with Crippen LogP contribution in [-0.4, -0.2) is 25.0 Å². The number of halogens is 2. The van der Waals surface area contributed by atoms with Crippen LogP contribution < -0.4 is 24.4 Å². The molecule has 6 rings (SSSR count). The van der Waals surface area contributed by atoms with Crippen LogP contribution in [0, 0.1) is 6.92 Å². The first-order valence-corrected chi connectivity index (χ1v) is 15.8. The van der Waals surface area contributed by atoms with E-state index in [0.29, 0.717) is 29.4 Å². The van der Waals surface area contributed by atoms with Gasteiger partial charge in [-0.25, -0.2) is 9.69 Å². The number of nitrogens with one attached hydrogen (secondary N) is 1. The Hall–Kier alpha value is -5.12. The highest BCUT2D eigenvalue weighted by Crippen LogP contribution is 2.38. The molecule has 0 aromatic heterocycles. The van der Waals surface area contributed by atoms with Crippen LogP contribution >= 0.6 is 27.5 Å². The van der Waals surface area contributed by atoms with E-state index < -0.39 is 17.8 Å². The largest absolute Gasteiger partial charge is 0.493 e. The fraction of sp³-hybridized carbons (Fsp3) is 0.108. The maximum Gasteiger partial charge on any atom is 0.335 e. The maximum atomic E-state index is 13.5. The van der Waals surface area contributed by atoms with Crippen molar-refractivity contribution >= 4 is 67.9 Å². The van der Waals surface area contributed by atoms with Crippen molar-refractivity contribution in [1.82, 2.24) is 5.32 Å². The molecule has 1 fully saturated rings. The second kappa shape index (κ2) is 13.7. The summed E-state index contributed by atoms with van der Waals surface area (Å²) in [5, 5.41) is 4.64.